The van der Waals surface area contributed by atoms with Crippen LogP contribution in [0, 0.1) is 6.92 Å². The topological polar surface area (TPSA) is 73.1 Å². The Morgan fingerprint density at radius 3 is 2.77 bits per heavy atom. The van der Waals surface area contributed by atoms with Gasteiger partial charge in [-0.15, -0.1) is 10.2 Å². The Morgan fingerprint density at radius 1 is 1.19 bits per heavy atom. The number of hydrogen-bond acceptors (Lipinski definition) is 5. The average Bonchev–Trinajstić information content (AvgIpc) is 3.12. The quantitative estimate of drug-likeness (QED) is 0.681. The van der Waals surface area contributed by atoms with Crippen molar-refractivity contribution >= 4 is 5.91 Å². The lowest BCUT2D eigenvalue weighted by molar-refractivity contribution is -0.131. The summed E-state index contributed by atoms with van der Waals surface area (Å²) in [4.78, 5) is 15.4. The number of aryl methyl sites for hydroxylation is 1. The van der Waals surface area contributed by atoms with Crippen LogP contribution >= 0.6 is 0 Å². The molecule has 3 aromatic rings. The third-order valence-corrected chi connectivity index (χ3v) is 4.15. The monoisotopic (exact) mass is 351 g/mol. The third-order valence-electron chi connectivity index (χ3n) is 4.15. The van der Waals surface area contributed by atoms with Crippen LogP contribution in [-0.4, -0.2) is 45.2 Å². The van der Waals surface area contributed by atoms with E-state index in [4.69, 9.17) is 4.74 Å². The van der Waals surface area contributed by atoms with E-state index in [0.29, 0.717) is 18.1 Å². The number of ether oxygens (including phenoxy) is 1. The van der Waals surface area contributed by atoms with Crippen LogP contribution in [0.15, 0.2) is 48.5 Å². The second-order valence-electron chi connectivity index (χ2n) is 6.05. The van der Waals surface area contributed by atoms with Crippen molar-refractivity contribution in [2.75, 3.05) is 14.2 Å². The smallest absolute Gasteiger partial charge is 0.246 e. The highest BCUT2D eigenvalue weighted by molar-refractivity contribution is 5.75. The molecule has 26 heavy (non-hydrogen) atoms. The number of tetrazole rings is 1. The first kappa shape index (κ1) is 17.6. The molecule has 134 valence electrons. The van der Waals surface area contributed by atoms with Gasteiger partial charge in [-0.3, -0.25) is 4.79 Å². The summed E-state index contributed by atoms with van der Waals surface area (Å²) in [5.41, 5.74) is 3.06. The van der Waals surface area contributed by atoms with Crippen molar-refractivity contribution in [3.63, 3.8) is 0 Å². The van der Waals surface area contributed by atoms with E-state index < -0.39 is 0 Å². The number of benzene rings is 2. The molecule has 2 aromatic carbocycles. The molecule has 0 aliphatic rings. The summed E-state index contributed by atoms with van der Waals surface area (Å²) >= 11 is 0. The number of nitrogens with zero attached hydrogens (tertiary/aromatic N) is 5. The van der Waals surface area contributed by atoms with E-state index in [2.05, 4.69) is 15.4 Å². The van der Waals surface area contributed by atoms with Crippen LogP contribution in [0.1, 0.15) is 11.1 Å². The van der Waals surface area contributed by atoms with Gasteiger partial charge in [0.2, 0.25) is 11.7 Å². The Labute approximate surface area is 152 Å². The van der Waals surface area contributed by atoms with Gasteiger partial charge in [0.15, 0.2) is 0 Å². The van der Waals surface area contributed by atoms with Crippen LogP contribution < -0.4 is 4.74 Å². The van der Waals surface area contributed by atoms with Crippen molar-refractivity contribution < 1.29 is 9.53 Å². The second-order valence-corrected chi connectivity index (χ2v) is 6.05. The first-order chi connectivity index (χ1) is 12.6. The van der Waals surface area contributed by atoms with E-state index in [1.54, 1.807) is 19.1 Å². The Hall–Kier alpha value is -3.22. The first-order valence-corrected chi connectivity index (χ1v) is 8.27. The fourth-order valence-electron chi connectivity index (χ4n) is 2.56. The second kappa shape index (κ2) is 7.77. The maximum absolute atomic E-state index is 12.5. The van der Waals surface area contributed by atoms with Gasteiger partial charge in [-0.25, -0.2) is 0 Å². The van der Waals surface area contributed by atoms with Crippen LogP contribution in [0.4, 0.5) is 0 Å². The predicted octanol–water partition coefficient (Wildman–Crippen LogP) is 2.32. The number of aromatic nitrogens is 4. The maximum Gasteiger partial charge on any atom is 0.246 e. The lowest BCUT2D eigenvalue weighted by Gasteiger charge is -2.18. The van der Waals surface area contributed by atoms with Gasteiger partial charge in [0, 0.05) is 19.2 Å². The molecule has 0 atom stereocenters. The zero-order valence-corrected chi connectivity index (χ0v) is 15.1. The summed E-state index contributed by atoms with van der Waals surface area (Å²) in [5.74, 6) is 1.09. The zero-order chi connectivity index (χ0) is 18.5. The molecule has 1 heterocycles. The van der Waals surface area contributed by atoms with E-state index in [-0.39, 0.29) is 12.5 Å². The number of likely N-dealkylation sites (N-methyl/N-ethyl adjacent to an activating group) is 1. The van der Waals surface area contributed by atoms with E-state index in [0.717, 1.165) is 16.7 Å². The highest BCUT2D eigenvalue weighted by Crippen LogP contribution is 2.19. The number of hydrogen-bond donors (Lipinski definition) is 0. The molecule has 0 aliphatic carbocycles. The molecular weight excluding hydrogens is 330 g/mol. The van der Waals surface area contributed by atoms with Crippen molar-refractivity contribution in [1.29, 1.82) is 0 Å². The molecule has 0 saturated heterocycles. The molecule has 0 saturated carbocycles. The van der Waals surface area contributed by atoms with Crippen molar-refractivity contribution in [3.05, 3.63) is 59.7 Å². The number of carbonyl (C=O) groups excluding carboxylic acids is 1. The Bertz CT molecular complexity index is 906. The van der Waals surface area contributed by atoms with E-state index in [1.807, 2.05) is 55.5 Å². The zero-order valence-electron chi connectivity index (χ0n) is 15.1. The van der Waals surface area contributed by atoms with Gasteiger partial charge in [0.1, 0.15) is 12.3 Å². The number of amides is 1. The lowest BCUT2D eigenvalue weighted by Crippen LogP contribution is -2.30. The van der Waals surface area contributed by atoms with Crippen LogP contribution in [0.5, 0.6) is 5.75 Å². The predicted molar refractivity (Wildman–Crippen MR) is 97.5 cm³/mol. The summed E-state index contributed by atoms with van der Waals surface area (Å²) < 4.78 is 5.20. The van der Waals surface area contributed by atoms with Gasteiger partial charge in [0.25, 0.3) is 0 Å². The maximum atomic E-state index is 12.5. The molecule has 1 aromatic heterocycles. The summed E-state index contributed by atoms with van der Waals surface area (Å²) in [6, 6.07) is 15.4. The van der Waals surface area contributed by atoms with E-state index in [9.17, 15) is 4.79 Å². The minimum absolute atomic E-state index is 0.0410. The van der Waals surface area contributed by atoms with Gasteiger partial charge in [-0.1, -0.05) is 36.4 Å². The summed E-state index contributed by atoms with van der Waals surface area (Å²) in [7, 11) is 3.38. The fourth-order valence-corrected chi connectivity index (χ4v) is 2.56. The van der Waals surface area contributed by atoms with Crippen molar-refractivity contribution in [2.45, 2.75) is 20.0 Å². The Balaban J connectivity index is 1.66. The van der Waals surface area contributed by atoms with Crippen LogP contribution in [-0.2, 0) is 17.9 Å². The lowest BCUT2D eigenvalue weighted by atomic mass is 10.1. The van der Waals surface area contributed by atoms with Crippen molar-refractivity contribution in [2.24, 2.45) is 0 Å². The van der Waals surface area contributed by atoms with Crippen molar-refractivity contribution in [3.8, 4) is 17.1 Å². The molecule has 3 rings (SSSR count). The molecule has 1 amide bonds. The fraction of sp³-hybridized carbons (Fsp3) is 0.263. The summed E-state index contributed by atoms with van der Waals surface area (Å²) in [5, 5.41) is 12.3. The molecular formula is C19H21N5O2. The van der Waals surface area contributed by atoms with Gasteiger partial charge in [-0.05, 0) is 35.4 Å². The molecule has 0 unspecified atom stereocenters. The highest BCUT2D eigenvalue weighted by Gasteiger charge is 2.14. The molecule has 0 bridgehead atoms. The van der Waals surface area contributed by atoms with Crippen LogP contribution in [0.2, 0.25) is 0 Å². The molecule has 0 spiro atoms. The first-order valence-electron chi connectivity index (χ1n) is 8.27. The van der Waals surface area contributed by atoms with E-state index in [1.165, 1.54) is 4.80 Å². The Morgan fingerprint density at radius 2 is 2.00 bits per heavy atom. The summed E-state index contributed by atoms with van der Waals surface area (Å²) in [6.07, 6.45) is 0. The number of methoxy groups -OCH3 is 1. The normalized spacial score (nSPS) is 10.6. The SMILES string of the molecule is COc1cccc(-c2nnn(CC(=O)N(C)Cc3ccccc3C)n2)c1. The van der Waals surface area contributed by atoms with E-state index >= 15 is 0 Å². The van der Waals surface area contributed by atoms with Gasteiger partial charge >= 0.3 is 0 Å². The standard InChI is InChI=1S/C19H21N5O2/c1-14-7-4-5-8-16(14)12-23(2)18(25)13-24-21-19(20-22-24)15-9-6-10-17(11-15)26-3/h4-11H,12-13H2,1-3H3. The molecule has 7 heteroatoms. The minimum atomic E-state index is -0.0807. The molecule has 0 N–H and O–H groups in total. The summed E-state index contributed by atoms with van der Waals surface area (Å²) in [6.45, 7) is 2.62. The molecule has 0 radical (unpaired) electrons. The van der Waals surface area contributed by atoms with Gasteiger partial charge in [-0.2, -0.15) is 4.80 Å². The van der Waals surface area contributed by atoms with Crippen LogP contribution in [0.25, 0.3) is 11.4 Å². The molecule has 7 nitrogen and oxygen atoms in total. The van der Waals surface area contributed by atoms with Crippen molar-refractivity contribution in [1.82, 2.24) is 25.1 Å². The number of carbonyl (C=O) groups is 1. The number of rotatable bonds is 6. The average molecular weight is 351 g/mol. The Kier molecular flexibility index (Phi) is 5.26. The minimum Gasteiger partial charge on any atom is -0.497 e. The van der Waals surface area contributed by atoms with Gasteiger partial charge in [0.05, 0.1) is 7.11 Å². The third kappa shape index (κ3) is 4.05. The largest absolute Gasteiger partial charge is 0.497 e. The molecule has 0 aliphatic heterocycles. The highest BCUT2D eigenvalue weighted by atomic mass is 16.5. The van der Waals surface area contributed by atoms with Crippen LogP contribution in [0.3, 0.4) is 0 Å². The van der Waals surface area contributed by atoms with Gasteiger partial charge < -0.3 is 9.64 Å². The molecule has 0 fully saturated rings.